The van der Waals surface area contributed by atoms with Gasteiger partial charge in [-0.1, -0.05) is 24.3 Å². The first-order valence-corrected chi connectivity index (χ1v) is 9.80. The number of phenolic OH excluding ortho intramolecular Hbond substituents is 1. The van der Waals surface area contributed by atoms with Crippen LogP contribution in [0.5, 0.6) is 11.5 Å². The first-order valence-electron chi connectivity index (χ1n) is 8.39. The highest BCUT2D eigenvalue weighted by atomic mass is 32.2. The Labute approximate surface area is 176 Å². The van der Waals surface area contributed by atoms with Crippen LogP contribution in [-0.4, -0.2) is 45.2 Å². The van der Waals surface area contributed by atoms with Gasteiger partial charge in [0.1, 0.15) is 11.5 Å². The average Bonchev–Trinajstić information content (AvgIpc) is 2.70. The summed E-state index contributed by atoms with van der Waals surface area (Å²) >= 11 is 0. The van der Waals surface area contributed by atoms with Crippen LogP contribution in [0.4, 0.5) is 13.2 Å². The first kappa shape index (κ1) is 25.8. The van der Waals surface area contributed by atoms with Crippen LogP contribution in [0.15, 0.2) is 48.5 Å². The molecule has 0 amide bonds. The van der Waals surface area contributed by atoms with Crippen LogP contribution in [-0.2, 0) is 42.0 Å². The first-order chi connectivity index (χ1) is 14.4. The van der Waals surface area contributed by atoms with Crippen molar-refractivity contribution in [3.63, 3.8) is 0 Å². The van der Waals surface area contributed by atoms with Crippen LogP contribution in [0.1, 0.15) is 11.1 Å². The second-order valence-electron chi connectivity index (χ2n) is 5.80. The third-order valence-corrected chi connectivity index (χ3v) is 4.48. The molecule has 0 spiro atoms. The van der Waals surface area contributed by atoms with Gasteiger partial charge >= 0.3 is 27.6 Å². The van der Waals surface area contributed by atoms with Crippen molar-refractivity contribution < 1.29 is 49.9 Å². The number of halogens is 3. The molecule has 0 aromatic heterocycles. The summed E-state index contributed by atoms with van der Waals surface area (Å²) in [5.41, 5.74) is -4.21. The Morgan fingerprint density at radius 3 is 1.58 bits per heavy atom. The molecule has 0 atom stereocenters. The van der Waals surface area contributed by atoms with Crippen molar-refractivity contribution in [3.05, 3.63) is 59.7 Å². The number of benzene rings is 2. The maximum Gasteiger partial charge on any atom is 0.534 e. The molecule has 12 heteroatoms. The molecule has 0 bridgehead atoms. The van der Waals surface area contributed by atoms with E-state index in [9.17, 15) is 31.2 Å². The van der Waals surface area contributed by atoms with Gasteiger partial charge in [0, 0.05) is 0 Å². The molecule has 0 aliphatic rings. The van der Waals surface area contributed by atoms with Gasteiger partial charge in [0.05, 0.1) is 27.1 Å². The summed E-state index contributed by atoms with van der Waals surface area (Å²) in [6, 6.07) is 11.0. The lowest BCUT2D eigenvalue weighted by molar-refractivity contribution is -0.140. The highest BCUT2D eigenvalue weighted by Gasteiger charge is 2.48. The van der Waals surface area contributed by atoms with Gasteiger partial charge in [0.15, 0.2) is 0 Å². The number of ether oxygens (including phenoxy) is 2. The van der Waals surface area contributed by atoms with Gasteiger partial charge in [0.25, 0.3) is 0 Å². The number of carbonyl (C=O) groups is 2. The molecule has 0 aliphatic heterocycles. The van der Waals surface area contributed by atoms with Crippen molar-refractivity contribution in [1.29, 1.82) is 0 Å². The number of alkyl halides is 3. The number of methoxy groups -OCH3 is 2. The van der Waals surface area contributed by atoms with E-state index in [0.717, 1.165) is 17.7 Å². The number of hydrogen-bond donors (Lipinski definition) is 1. The van der Waals surface area contributed by atoms with E-state index >= 15 is 0 Å². The fraction of sp³-hybridized carbons (Fsp3) is 0.263. The normalized spacial score (nSPS) is 11.0. The maximum absolute atomic E-state index is 12.0. The molecule has 0 saturated heterocycles. The predicted molar refractivity (Wildman–Crippen MR) is 102 cm³/mol. The molecule has 31 heavy (non-hydrogen) atoms. The maximum atomic E-state index is 12.0. The summed E-state index contributed by atoms with van der Waals surface area (Å²) in [6.45, 7) is 0. The molecule has 0 radical (unpaired) electrons. The quantitative estimate of drug-likeness (QED) is 0.394. The summed E-state index contributed by atoms with van der Waals surface area (Å²) in [7, 11) is -3.14. The van der Waals surface area contributed by atoms with E-state index in [1.165, 1.54) is 38.5 Å². The minimum absolute atomic E-state index is 0.0806. The predicted octanol–water partition coefficient (Wildman–Crippen LogP) is 2.74. The lowest BCUT2D eigenvalue weighted by Crippen LogP contribution is -2.28. The fourth-order valence-electron chi connectivity index (χ4n) is 1.93. The molecular formula is C19H19F3O8S. The van der Waals surface area contributed by atoms with E-state index in [0.29, 0.717) is 5.56 Å². The molecule has 0 aliphatic carbocycles. The van der Waals surface area contributed by atoms with E-state index in [1.54, 1.807) is 12.1 Å². The zero-order valence-electron chi connectivity index (χ0n) is 16.4. The van der Waals surface area contributed by atoms with Crippen molar-refractivity contribution in [2.75, 3.05) is 14.2 Å². The number of phenols is 1. The minimum Gasteiger partial charge on any atom is -0.508 e. The highest BCUT2D eigenvalue weighted by Crippen LogP contribution is 2.27. The molecule has 8 nitrogen and oxygen atoms in total. The molecule has 0 unspecified atom stereocenters. The Kier molecular flexibility index (Phi) is 9.31. The van der Waals surface area contributed by atoms with Crippen molar-refractivity contribution in [2.24, 2.45) is 0 Å². The van der Waals surface area contributed by atoms with Gasteiger partial charge in [-0.15, -0.1) is 0 Å². The Hall–Kier alpha value is -3.28. The van der Waals surface area contributed by atoms with Crippen LogP contribution in [0.3, 0.4) is 0 Å². The SMILES string of the molecule is COC(=O)Cc1ccc(O)cc1.COC(=O)Cc1ccc(OS(=O)(=O)C(F)(F)F)cc1. The zero-order chi connectivity index (χ0) is 23.7. The molecule has 0 heterocycles. The van der Waals surface area contributed by atoms with E-state index < -0.39 is 27.3 Å². The van der Waals surface area contributed by atoms with Crippen LogP contribution in [0, 0.1) is 0 Å². The Morgan fingerprint density at radius 2 is 1.23 bits per heavy atom. The third kappa shape index (κ3) is 8.95. The molecule has 2 aromatic rings. The van der Waals surface area contributed by atoms with E-state index in [4.69, 9.17) is 5.11 Å². The van der Waals surface area contributed by atoms with Crippen molar-refractivity contribution in [1.82, 2.24) is 0 Å². The molecular weight excluding hydrogens is 445 g/mol. The topological polar surface area (TPSA) is 116 Å². The molecule has 0 fully saturated rings. The van der Waals surface area contributed by atoms with Crippen LogP contribution in [0.2, 0.25) is 0 Å². The summed E-state index contributed by atoms with van der Waals surface area (Å²) in [5, 5.41) is 8.93. The van der Waals surface area contributed by atoms with Crippen molar-refractivity contribution in [2.45, 2.75) is 18.3 Å². The number of rotatable bonds is 6. The van der Waals surface area contributed by atoms with Crippen molar-refractivity contribution in [3.8, 4) is 11.5 Å². The van der Waals surface area contributed by atoms with Gasteiger partial charge in [-0.25, -0.2) is 0 Å². The summed E-state index contributed by atoms with van der Waals surface area (Å²) in [6.07, 6.45) is 0.166. The standard InChI is InChI=1S/C10H9F3O5S.C9H10O3/c1-17-9(14)6-7-2-4-8(5-3-7)18-19(15,16)10(11,12)13;1-12-9(11)6-7-2-4-8(10)5-3-7/h2-5H,6H2,1H3;2-5,10H,6H2,1H3. The molecule has 1 N–H and O–H groups in total. The smallest absolute Gasteiger partial charge is 0.508 e. The Bertz CT molecular complexity index is 969. The lowest BCUT2D eigenvalue weighted by atomic mass is 10.1. The van der Waals surface area contributed by atoms with Gasteiger partial charge < -0.3 is 18.8 Å². The van der Waals surface area contributed by atoms with Gasteiger partial charge in [-0.05, 0) is 35.4 Å². The van der Waals surface area contributed by atoms with Crippen LogP contribution >= 0.6 is 0 Å². The van der Waals surface area contributed by atoms with E-state index in [2.05, 4.69) is 13.7 Å². The highest BCUT2D eigenvalue weighted by molar-refractivity contribution is 7.88. The van der Waals surface area contributed by atoms with E-state index in [1.807, 2.05) is 0 Å². The van der Waals surface area contributed by atoms with Crippen molar-refractivity contribution >= 4 is 22.1 Å². The number of aromatic hydroxyl groups is 1. The zero-order valence-corrected chi connectivity index (χ0v) is 17.2. The average molecular weight is 464 g/mol. The van der Waals surface area contributed by atoms with Gasteiger partial charge in [-0.3, -0.25) is 9.59 Å². The molecule has 170 valence electrons. The van der Waals surface area contributed by atoms with Gasteiger partial charge in [-0.2, -0.15) is 21.6 Å². The van der Waals surface area contributed by atoms with Gasteiger partial charge in [0.2, 0.25) is 0 Å². The second-order valence-corrected chi connectivity index (χ2v) is 7.34. The number of hydrogen-bond acceptors (Lipinski definition) is 8. The number of esters is 2. The Morgan fingerprint density at radius 1 is 0.839 bits per heavy atom. The largest absolute Gasteiger partial charge is 0.534 e. The minimum atomic E-state index is -5.68. The summed E-state index contributed by atoms with van der Waals surface area (Å²) in [5.74, 6) is -1.10. The Balaban J connectivity index is 0.000000343. The van der Waals surface area contributed by atoms with Crippen LogP contribution in [0.25, 0.3) is 0 Å². The summed E-state index contributed by atoms with van der Waals surface area (Å²) in [4.78, 5) is 21.7. The third-order valence-electron chi connectivity index (χ3n) is 3.50. The molecule has 2 rings (SSSR count). The summed E-state index contributed by atoms with van der Waals surface area (Å²) < 4.78 is 70.3. The second kappa shape index (κ2) is 11.2. The molecule has 2 aromatic carbocycles. The number of carbonyl (C=O) groups excluding carboxylic acids is 2. The lowest BCUT2D eigenvalue weighted by Gasteiger charge is -2.09. The molecule has 0 saturated carbocycles. The van der Waals surface area contributed by atoms with Crippen LogP contribution < -0.4 is 4.18 Å². The monoisotopic (exact) mass is 464 g/mol. The fourth-order valence-corrected chi connectivity index (χ4v) is 2.39. The van der Waals surface area contributed by atoms with E-state index in [-0.39, 0.29) is 24.6 Å².